The molecule has 0 spiro atoms. The standard InChI is InChI=1S/C16H11Cl2N3O/c17-13-3-1-2-12(16(13)18)14(10-19)21-15(22)5-4-11-6-8-20-9-7-11/h1-9,14H,(H,21,22)/b5-4-/t14-/m0/s1. The number of hydrogen-bond donors (Lipinski definition) is 1. The summed E-state index contributed by atoms with van der Waals surface area (Å²) in [5, 5.41) is 12.4. The van der Waals surface area contributed by atoms with Crippen molar-refractivity contribution in [2.45, 2.75) is 6.04 Å². The van der Waals surface area contributed by atoms with Gasteiger partial charge in [-0.25, -0.2) is 0 Å². The van der Waals surface area contributed by atoms with Crippen LogP contribution in [0.3, 0.4) is 0 Å². The molecule has 0 bridgehead atoms. The van der Waals surface area contributed by atoms with Gasteiger partial charge in [-0.1, -0.05) is 35.3 Å². The first kappa shape index (κ1) is 16.0. The van der Waals surface area contributed by atoms with E-state index in [0.29, 0.717) is 10.6 Å². The van der Waals surface area contributed by atoms with Gasteiger partial charge in [-0.05, 0) is 29.8 Å². The summed E-state index contributed by atoms with van der Waals surface area (Å²) < 4.78 is 0. The summed E-state index contributed by atoms with van der Waals surface area (Å²) in [6.07, 6.45) is 6.23. The van der Waals surface area contributed by atoms with Gasteiger partial charge >= 0.3 is 0 Å². The van der Waals surface area contributed by atoms with Crippen LogP contribution in [0.5, 0.6) is 0 Å². The summed E-state index contributed by atoms with van der Waals surface area (Å²) in [6.45, 7) is 0. The van der Waals surface area contributed by atoms with Crippen LogP contribution in [0.15, 0.2) is 48.8 Å². The number of rotatable bonds is 4. The Morgan fingerprint density at radius 3 is 2.68 bits per heavy atom. The van der Waals surface area contributed by atoms with Crippen LogP contribution < -0.4 is 5.32 Å². The minimum Gasteiger partial charge on any atom is -0.333 e. The number of aromatic nitrogens is 1. The highest BCUT2D eigenvalue weighted by molar-refractivity contribution is 6.42. The Bertz CT molecular complexity index is 739. The van der Waals surface area contributed by atoms with Crippen LogP contribution in [0, 0.1) is 11.3 Å². The zero-order chi connectivity index (χ0) is 15.9. The van der Waals surface area contributed by atoms with Crippen molar-refractivity contribution in [2.75, 3.05) is 0 Å². The number of halogens is 2. The Morgan fingerprint density at radius 1 is 1.27 bits per heavy atom. The molecule has 4 nitrogen and oxygen atoms in total. The van der Waals surface area contributed by atoms with E-state index in [0.717, 1.165) is 5.56 Å². The number of nitrogens with zero attached hydrogens (tertiary/aromatic N) is 2. The number of nitrogens with one attached hydrogen (secondary N) is 1. The maximum Gasteiger partial charge on any atom is 0.245 e. The fourth-order valence-corrected chi connectivity index (χ4v) is 2.18. The van der Waals surface area contributed by atoms with Gasteiger partial charge in [0, 0.05) is 24.0 Å². The summed E-state index contributed by atoms with van der Waals surface area (Å²) >= 11 is 12.0. The molecular formula is C16H11Cl2N3O. The number of nitriles is 1. The summed E-state index contributed by atoms with van der Waals surface area (Å²) in [5.41, 5.74) is 1.29. The lowest BCUT2D eigenvalue weighted by atomic mass is 10.1. The molecule has 0 radical (unpaired) electrons. The first-order valence-corrected chi connectivity index (χ1v) is 7.09. The van der Waals surface area contributed by atoms with E-state index in [1.54, 1.807) is 48.8 Å². The van der Waals surface area contributed by atoms with Crippen LogP contribution in [0.1, 0.15) is 17.2 Å². The van der Waals surface area contributed by atoms with Gasteiger partial charge in [-0.15, -0.1) is 0 Å². The Kier molecular flexibility index (Phi) is 5.54. The molecule has 110 valence electrons. The summed E-state index contributed by atoms with van der Waals surface area (Å²) in [6, 6.07) is 9.59. The van der Waals surface area contributed by atoms with Gasteiger partial charge in [0.25, 0.3) is 0 Å². The van der Waals surface area contributed by atoms with E-state index in [2.05, 4.69) is 10.3 Å². The van der Waals surface area contributed by atoms with Gasteiger partial charge in [0.1, 0.15) is 6.04 Å². The first-order valence-electron chi connectivity index (χ1n) is 6.34. The van der Waals surface area contributed by atoms with Crippen LogP contribution in [-0.4, -0.2) is 10.9 Å². The predicted octanol–water partition coefficient (Wildman–Crippen LogP) is 3.78. The molecule has 1 aromatic heterocycles. The lowest BCUT2D eigenvalue weighted by Gasteiger charge is -2.12. The van der Waals surface area contributed by atoms with E-state index in [4.69, 9.17) is 23.2 Å². The Hall–Kier alpha value is -2.35. The van der Waals surface area contributed by atoms with Gasteiger partial charge in [-0.2, -0.15) is 5.26 Å². The van der Waals surface area contributed by atoms with Crippen LogP contribution in [0.2, 0.25) is 10.0 Å². The number of amides is 1. The van der Waals surface area contributed by atoms with Gasteiger partial charge in [0.2, 0.25) is 5.91 Å². The highest BCUT2D eigenvalue weighted by Gasteiger charge is 2.17. The molecule has 22 heavy (non-hydrogen) atoms. The Labute approximate surface area is 138 Å². The fraction of sp³-hybridized carbons (Fsp3) is 0.0625. The highest BCUT2D eigenvalue weighted by atomic mass is 35.5. The third-order valence-corrected chi connectivity index (χ3v) is 3.67. The molecule has 1 atom stereocenters. The lowest BCUT2D eigenvalue weighted by molar-refractivity contribution is -0.116. The van der Waals surface area contributed by atoms with Crippen molar-refractivity contribution >= 4 is 35.2 Å². The quantitative estimate of drug-likeness (QED) is 0.867. The first-order chi connectivity index (χ1) is 10.6. The Balaban J connectivity index is 2.11. The van der Waals surface area contributed by atoms with Crippen LogP contribution in [-0.2, 0) is 4.79 Å². The zero-order valence-electron chi connectivity index (χ0n) is 11.3. The predicted molar refractivity (Wildman–Crippen MR) is 86.2 cm³/mol. The zero-order valence-corrected chi connectivity index (χ0v) is 12.8. The van der Waals surface area contributed by atoms with Crippen molar-refractivity contribution in [3.8, 4) is 6.07 Å². The van der Waals surface area contributed by atoms with E-state index in [-0.39, 0.29) is 5.02 Å². The highest BCUT2D eigenvalue weighted by Crippen LogP contribution is 2.29. The molecule has 6 heteroatoms. The maximum absolute atomic E-state index is 11.9. The van der Waals surface area contributed by atoms with Gasteiger partial charge in [-0.3, -0.25) is 9.78 Å². The summed E-state index contributed by atoms with van der Waals surface area (Å²) in [5.74, 6) is -0.403. The van der Waals surface area contributed by atoms with Crippen LogP contribution >= 0.6 is 23.2 Å². The van der Waals surface area contributed by atoms with E-state index in [9.17, 15) is 10.1 Å². The third kappa shape index (κ3) is 4.08. The summed E-state index contributed by atoms with van der Waals surface area (Å²) in [4.78, 5) is 15.8. The van der Waals surface area contributed by atoms with Crippen molar-refractivity contribution in [3.63, 3.8) is 0 Å². The minimum atomic E-state index is -0.874. The van der Waals surface area contributed by atoms with Crippen molar-refractivity contribution in [2.24, 2.45) is 0 Å². The molecule has 0 saturated carbocycles. The average Bonchev–Trinajstić information content (AvgIpc) is 2.54. The largest absolute Gasteiger partial charge is 0.333 e. The molecule has 0 aliphatic heterocycles. The third-order valence-electron chi connectivity index (χ3n) is 2.84. The Morgan fingerprint density at radius 2 is 2.00 bits per heavy atom. The number of benzene rings is 1. The van der Waals surface area contributed by atoms with Crippen LogP contribution in [0.25, 0.3) is 6.08 Å². The topological polar surface area (TPSA) is 65.8 Å². The van der Waals surface area contributed by atoms with Crippen molar-refractivity contribution in [1.82, 2.24) is 10.3 Å². The molecule has 2 rings (SSSR count). The summed E-state index contributed by atoms with van der Waals surface area (Å²) in [7, 11) is 0. The number of pyridine rings is 1. The van der Waals surface area contributed by atoms with Gasteiger partial charge < -0.3 is 5.32 Å². The number of carbonyl (C=O) groups excluding carboxylic acids is 1. The molecular weight excluding hydrogens is 321 g/mol. The molecule has 1 N–H and O–H groups in total. The molecule has 1 aromatic carbocycles. The fourth-order valence-electron chi connectivity index (χ4n) is 1.76. The number of carbonyl (C=O) groups is 1. The molecule has 1 heterocycles. The molecule has 0 unspecified atom stereocenters. The second-order valence-electron chi connectivity index (χ2n) is 4.33. The van der Waals surface area contributed by atoms with E-state index in [1.807, 2.05) is 6.07 Å². The second-order valence-corrected chi connectivity index (χ2v) is 5.11. The SMILES string of the molecule is N#C[C@H](NC(=O)/C=C\c1ccncc1)c1cccc(Cl)c1Cl. The smallest absolute Gasteiger partial charge is 0.245 e. The normalized spacial score (nSPS) is 11.9. The van der Waals surface area contributed by atoms with Crippen molar-refractivity contribution < 1.29 is 4.79 Å². The average molecular weight is 332 g/mol. The monoisotopic (exact) mass is 331 g/mol. The van der Waals surface area contributed by atoms with Gasteiger partial charge in [0.15, 0.2) is 0 Å². The second kappa shape index (κ2) is 7.60. The van der Waals surface area contributed by atoms with Crippen molar-refractivity contribution in [1.29, 1.82) is 5.26 Å². The van der Waals surface area contributed by atoms with E-state index >= 15 is 0 Å². The molecule has 0 saturated heterocycles. The van der Waals surface area contributed by atoms with Gasteiger partial charge in [0.05, 0.1) is 16.1 Å². The number of hydrogen-bond acceptors (Lipinski definition) is 3. The lowest BCUT2D eigenvalue weighted by Crippen LogP contribution is -2.26. The molecule has 0 fully saturated rings. The maximum atomic E-state index is 11.9. The van der Waals surface area contributed by atoms with E-state index < -0.39 is 11.9 Å². The van der Waals surface area contributed by atoms with Crippen molar-refractivity contribution in [3.05, 3.63) is 70.0 Å². The molecule has 1 amide bonds. The molecule has 0 aliphatic carbocycles. The van der Waals surface area contributed by atoms with E-state index in [1.165, 1.54) is 6.08 Å². The van der Waals surface area contributed by atoms with Crippen LogP contribution in [0.4, 0.5) is 0 Å². The minimum absolute atomic E-state index is 0.258. The molecule has 2 aromatic rings. The molecule has 0 aliphatic rings.